The van der Waals surface area contributed by atoms with E-state index in [-0.39, 0.29) is 0 Å². The minimum absolute atomic E-state index is 0.504. The molecule has 0 rings (SSSR count). The van der Waals surface area contributed by atoms with E-state index in [0.29, 0.717) is 13.2 Å². The van der Waals surface area contributed by atoms with Crippen LogP contribution in [-0.2, 0) is 4.74 Å². The molecule has 0 radical (unpaired) electrons. The topological polar surface area (TPSA) is 35.2 Å². The van der Waals surface area contributed by atoms with Gasteiger partial charge in [0.1, 0.15) is 5.76 Å². The van der Waals surface area contributed by atoms with Gasteiger partial charge in [0.2, 0.25) is 0 Å². The van der Waals surface area contributed by atoms with Crippen molar-refractivity contribution in [1.82, 2.24) is 0 Å². The molecule has 0 spiro atoms. The van der Waals surface area contributed by atoms with E-state index in [1.54, 1.807) is 0 Å². The van der Waals surface area contributed by atoms with Crippen LogP contribution in [0.1, 0.15) is 13.8 Å². The van der Waals surface area contributed by atoms with E-state index in [0.717, 1.165) is 5.76 Å². The van der Waals surface area contributed by atoms with E-state index < -0.39 is 0 Å². The van der Waals surface area contributed by atoms with Gasteiger partial charge in [-0.15, -0.1) is 0 Å². The molecular weight excluding hydrogens is 102 g/mol. The average molecular weight is 115 g/mol. The number of hydrogen-bond acceptors (Lipinski definition) is 2. The first-order valence-electron chi connectivity index (χ1n) is 2.83. The Balaban J connectivity index is 3.38. The number of hydrogen-bond donors (Lipinski definition) is 1. The highest BCUT2D eigenvalue weighted by Gasteiger charge is 1.86. The SMILES string of the molecule is C/C=C(/CN)OCC. The highest BCUT2D eigenvalue weighted by molar-refractivity contribution is 4.90. The molecular formula is C6H13NO. The van der Waals surface area contributed by atoms with E-state index >= 15 is 0 Å². The molecule has 8 heavy (non-hydrogen) atoms. The van der Waals surface area contributed by atoms with Crippen LogP contribution in [0.4, 0.5) is 0 Å². The van der Waals surface area contributed by atoms with Gasteiger partial charge in [-0.05, 0) is 19.9 Å². The van der Waals surface area contributed by atoms with Gasteiger partial charge in [0.05, 0.1) is 13.2 Å². The number of allylic oxidation sites excluding steroid dienone is 1. The smallest absolute Gasteiger partial charge is 0.105 e. The monoisotopic (exact) mass is 115 g/mol. The molecule has 0 bridgehead atoms. The van der Waals surface area contributed by atoms with Gasteiger partial charge in [0.15, 0.2) is 0 Å². The van der Waals surface area contributed by atoms with E-state index in [1.165, 1.54) is 0 Å². The third kappa shape index (κ3) is 2.64. The predicted molar refractivity (Wildman–Crippen MR) is 34.4 cm³/mol. The first-order chi connectivity index (χ1) is 3.85. The van der Waals surface area contributed by atoms with E-state index in [4.69, 9.17) is 10.5 Å². The number of rotatable bonds is 3. The summed E-state index contributed by atoms with van der Waals surface area (Å²) in [6.07, 6.45) is 1.88. The zero-order chi connectivity index (χ0) is 6.41. The molecule has 0 aromatic rings. The highest BCUT2D eigenvalue weighted by atomic mass is 16.5. The Morgan fingerprint density at radius 2 is 2.38 bits per heavy atom. The van der Waals surface area contributed by atoms with Crippen LogP contribution in [0.25, 0.3) is 0 Å². The lowest BCUT2D eigenvalue weighted by Gasteiger charge is -2.02. The average Bonchev–Trinajstić information content (AvgIpc) is 1.83. The van der Waals surface area contributed by atoms with Crippen LogP contribution in [0, 0.1) is 0 Å². The van der Waals surface area contributed by atoms with Crippen molar-refractivity contribution in [3.05, 3.63) is 11.8 Å². The van der Waals surface area contributed by atoms with Gasteiger partial charge < -0.3 is 10.5 Å². The number of ether oxygens (including phenoxy) is 1. The molecule has 0 aromatic heterocycles. The number of nitrogens with two attached hydrogens (primary N) is 1. The van der Waals surface area contributed by atoms with Crippen LogP contribution >= 0.6 is 0 Å². The van der Waals surface area contributed by atoms with Crippen molar-refractivity contribution < 1.29 is 4.74 Å². The highest BCUT2D eigenvalue weighted by Crippen LogP contribution is 1.91. The zero-order valence-electron chi connectivity index (χ0n) is 5.48. The molecule has 2 N–H and O–H groups in total. The Hall–Kier alpha value is -0.500. The molecule has 48 valence electrons. The van der Waals surface area contributed by atoms with Crippen LogP contribution < -0.4 is 5.73 Å². The van der Waals surface area contributed by atoms with Gasteiger partial charge in [-0.1, -0.05) is 0 Å². The maximum atomic E-state index is 5.28. The summed E-state index contributed by atoms with van der Waals surface area (Å²) in [5.74, 6) is 0.868. The van der Waals surface area contributed by atoms with Gasteiger partial charge in [-0.25, -0.2) is 0 Å². The summed E-state index contributed by atoms with van der Waals surface area (Å²) in [6, 6.07) is 0. The first kappa shape index (κ1) is 7.50. The molecule has 2 heteroatoms. The van der Waals surface area contributed by atoms with E-state index in [1.807, 2.05) is 19.9 Å². The van der Waals surface area contributed by atoms with Crippen LogP contribution in [0.3, 0.4) is 0 Å². The normalized spacial score (nSPS) is 11.6. The van der Waals surface area contributed by atoms with Crippen molar-refractivity contribution in [3.8, 4) is 0 Å². The van der Waals surface area contributed by atoms with Gasteiger partial charge in [0.25, 0.3) is 0 Å². The quantitative estimate of drug-likeness (QED) is 0.554. The fourth-order valence-electron chi connectivity index (χ4n) is 0.446. The Morgan fingerprint density at radius 3 is 2.50 bits per heavy atom. The third-order valence-electron chi connectivity index (χ3n) is 0.853. The lowest BCUT2D eigenvalue weighted by molar-refractivity contribution is 0.226. The Bertz CT molecular complexity index is 78.6. The van der Waals surface area contributed by atoms with Crippen molar-refractivity contribution >= 4 is 0 Å². The summed E-state index contributed by atoms with van der Waals surface area (Å²) in [5.41, 5.74) is 5.28. The van der Waals surface area contributed by atoms with E-state index in [2.05, 4.69) is 0 Å². The van der Waals surface area contributed by atoms with E-state index in [9.17, 15) is 0 Å². The summed E-state index contributed by atoms with van der Waals surface area (Å²) in [7, 11) is 0. The lowest BCUT2D eigenvalue weighted by Crippen LogP contribution is -2.05. The molecule has 0 aliphatic heterocycles. The molecule has 2 nitrogen and oxygen atoms in total. The van der Waals surface area contributed by atoms with Crippen molar-refractivity contribution in [3.63, 3.8) is 0 Å². The molecule has 0 saturated heterocycles. The second-order valence-corrected chi connectivity index (χ2v) is 1.39. The largest absolute Gasteiger partial charge is 0.497 e. The Kier molecular flexibility index (Phi) is 4.36. The molecule has 0 atom stereocenters. The minimum Gasteiger partial charge on any atom is -0.497 e. The third-order valence-corrected chi connectivity index (χ3v) is 0.853. The molecule has 0 saturated carbocycles. The first-order valence-corrected chi connectivity index (χ1v) is 2.83. The van der Waals surface area contributed by atoms with Gasteiger partial charge in [-0.3, -0.25) is 0 Å². The van der Waals surface area contributed by atoms with Crippen LogP contribution in [0.2, 0.25) is 0 Å². The van der Waals surface area contributed by atoms with Gasteiger partial charge in [0, 0.05) is 0 Å². The molecule has 0 amide bonds. The van der Waals surface area contributed by atoms with Crippen LogP contribution in [0.5, 0.6) is 0 Å². The summed E-state index contributed by atoms with van der Waals surface area (Å²) >= 11 is 0. The fraction of sp³-hybridized carbons (Fsp3) is 0.667. The Morgan fingerprint density at radius 1 is 1.75 bits per heavy atom. The molecule has 0 heterocycles. The maximum Gasteiger partial charge on any atom is 0.105 e. The molecule has 0 aliphatic carbocycles. The Labute approximate surface area is 50.3 Å². The van der Waals surface area contributed by atoms with Crippen LogP contribution in [0.15, 0.2) is 11.8 Å². The predicted octanol–water partition coefficient (Wildman–Crippen LogP) is 0.885. The summed E-state index contributed by atoms with van der Waals surface area (Å²) in [4.78, 5) is 0. The summed E-state index contributed by atoms with van der Waals surface area (Å²) in [5, 5.41) is 0. The van der Waals surface area contributed by atoms with Crippen LogP contribution in [-0.4, -0.2) is 13.2 Å². The summed E-state index contributed by atoms with van der Waals surface area (Å²) in [6.45, 7) is 5.07. The van der Waals surface area contributed by atoms with Crippen molar-refractivity contribution in [2.24, 2.45) is 5.73 Å². The minimum atomic E-state index is 0.504. The second-order valence-electron chi connectivity index (χ2n) is 1.39. The standard InChI is InChI=1S/C6H13NO/c1-3-6(5-7)8-4-2/h3H,4-5,7H2,1-2H3/b6-3-. The van der Waals surface area contributed by atoms with Crippen molar-refractivity contribution in [2.75, 3.05) is 13.2 Å². The van der Waals surface area contributed by atoms with Crippen molar-refractivity contribution in [1.29, 1.82) is 0 Å². The van der Waals surface area contributed by atoms with Crippen molar-refractivity contribution in [2.45, 2.75) is 13.8 Å². The summed E-state index contributed by atoms with van der Waals surface area (Å²) < 4.78 is 5.08. The van der Waals surface area contributed by atoms with Gasteiger partial charge >= 0.3 is 0 Å². The molecule has 0 aromatic carbocycles. The lowest BCUT2D eigenvalue weighted by atomic mass is 10.5. The molecule has 0 fully saturated rings. The van der Waals surface area contributed by atoms with Gasteiger partial charge in [-0.2, -0.15) is 0 Å². The molecule has 0 aliphatic rings. The molecule has 0 unspecified atom stereocenters. The maximum absolute atomic E-state index is 5.28. The fourth-order valence-corrected chi connectivity index (χ4v) is 0.446. The zero-order valence-corrected chi connectivity index (χ0v) is 5.48. The second kappa shape index (κ2) is 4.65.